The van der Waals surface area contributed by atoms with Crippen LogP contribution in [0.5, 0.6) is 0 Å². The van der Waals surface area contributed by atoms with Crippen LogP contribution in [0.25, 0.3) is 17.2 Å². The summed E-state index contributed by atoms with van der Waals surface area (Å²) in [7, 11) is 0. The molecule has 2 heterocycles. The molecule has 1 N–H and O–H groups in total. The number of hydrogen-bond donors (Lipinski definition) is 1. The maximum atomic E-state index is 13.4. The number of halogens is 4. The highest BCUT2D eigenvalue weighted by Crippen LogP contribution is 2.33. The van der Waals surface area contributed by atoms with Crippen LogP contribution in [0.3, 0.4) is 0 Å². The summed E-state index contributed by atoms with van der Waals surface area (Å²) in [6.07, 6.45) is -3.37. The average molecular weight is 494 g/mol. The number of nitrogens with one attached hydrogen (secondary N) is 1. The average Bonchev–Trinajstić information content (AvgIpc) is 3.37. The largest absolute Gasteiger partial charge is 0.435 e. The molecular formula is C19H11ClF3N7O2S. The van der Waals surface area contributed by atoms with Crippen molar-refractivity contribution in [1.82, 2.24) is 24.7 Å². The van der Waals surface area contributed by atoms with E-state index < -0.39 is 16.8 Å². The number of non-ortho nitro benzene ring substituents is 1. The molecule has 0 fully saturated rings. The van der Waals surface area contributed by atoms with Gasteiger partial charge in [0.25, 0.3) is 11.6 Å². The number of nitro benzene ring substituents is 1. The van der Waals surface area contributed by atoms with Gasteiger partial charge in [-0.15, -0.1) is 5.10 Å². The van der Waals surface area contributed by atoms with Crippen molar-refractivity contribution in [3.8, 4) is 17.2 Å². The van der Waals surface area contributed by atoms with Crippen molar-refractivity contribution in [1.29, 1.82) is 0 Å². The summed E-state index contributed by atoms with van der Waals surface area (Å²) in [5.41, 5.74) is -0.255. The SMILES string of the molecule is O=[N+]([O-])c1ccc(/C=N\n2c(-n3nc(C(F)(F)F)cc3-c3ccc(Cl)cc3)n[nH]c2=S)cc1. The standard InChI is InChI=1S/C19H11ClF3N7O2S/c20-13-5-3-12(4-6-13)15-9-16(19(21,22)23)27-28(15)17-25-26-18(33)29(17)24-10-11-1-7-14(8-2-11)30(31)32/h1-10H,(H,26,33)/b24-10-. The molecule has 0 saturated heterocycles. The summed E-state index contributed by atoms with van der Waals surface area (Å²) in [5.74, 6) is -0.126. The molecule has 0 unspecified atom stereocenters. The first kappa shape index (κ1) is 22.4. The number of rotatable bonds is 5. The summed E-state index contributed by atoms with van der Waals surface area (Å²) < 4.78 is 42.3. The van der Waals surface area contributed by atoms with E-state index in [2.05, 4.69) is 20.4 Å². The Kier molecular flexibility index (Phi) is 5.82. The van der Waals surface area contributed by atoms with Crippen LogP contribution in [0.15, 0.2) is 59.7 Å². The fourth-order valence-electron chi connectivity index (χ4n) is 2.83. The van der Waals surface area contributed by atoms with Crippen molar-refractivity contribution in [2.24, 2.45) is 5.10 Å². The van der Waals surface area contributed by atoms with Gasteiger partial charge in [-0.25, -0.2) is 5.10 Å². The van der Waals surface area contributed by atoms with Gasteiger partial charge in [0.15, 0.2) is 5.69 Å². The molecule has 33 heavy (non-hydrogen) atoms. The van der Waals surface area contributed by atoms with Crippen molar-refractivity contribution in [3.05, 3.63) is 85.8 Å². The molecule has 0 bridgehead atoms. The molecule has 4 aromatic rings. The highest BCUT2D eigenvalue weighted by molar-refractivity contribution is 7.71. The second-order valence-electron chi connectivity index (χ2n) is 6.57. The van der Waals surface area contributed by atoms with E-state index >= 15 is 0 Å². The quantitative estimate of drug-likeness (QED) is 0.177. The molecular weight excluding hydrogens is 483 g/mol. The van der Waals surface area contributed by atoms with Gasteiger partial charge >= 0.3 is 6.18 Å². The Labute approximate surface area is 192 Å². The van der Waals surface area contributed by atoms with E-state index in [0.29, 0.717) is 16.1 Å². The fourth-order valence-corrected chi connectivity index (χ4v) is 3.13. The third kappa shape index (κ3) is 4.68. The van der Waals surface area contributed by atoms with Crippen molar-refractivity contribution in [2.75, 3.05) is 0 Å². The Balaban J connectivity index is 1.80. The molecule has 0 saturated carbocycles. The predicted molar refractivity (Wildman–Crippen MR) is 116 cm³/mol. The number of H-pyrrole nitrogens is 1. The van der Waals surface area contributed by atoms with Crippen LogP contribution in [0.1, 0.15) is 11.3 Å². The monoisotopic (exact) mass is 493 g/mol. The number of aromatic nitrogens is 5. The van der Waals surface area contributed by atoms with E-state index in [-0.39, 0.29) is 22.1 Å². The van der Waals surface area contributed by atoms with Gasteiger partial charge in [-0.2, -0.15) is 32.7 Å². The second-order valence-corrected chi connectivity index (χ2v) is 7.39. The van der Waals surface area contributed by atoms with E-state index in [4.69, 9.17) is 23.8 Å². The summed E-state index contributed by atoms with van der Waals surface area (Å²) in [6, 6.07) is 12.5. The highest BCUT2D eigenvalue weighted by atomic mass is 35.5. The lowest BCUT2D eigenvalue weighted by Crippen LogP contribution is -2.10. The summed E-state index contributed by atoms with van der Waals surface area (Å²) in [5, 5.41) is 25.5. The number of alkyl halides is 3. The fraction of sp³-hybridized carbons (Fsp3) is 0.0526. The number of aromatic amines is 1. The number of benzene rings is 2. The number of hydrogen-bond acceptors (Lipinski definition) is 6. The minimum absolute atomic E-state index is 0.00530. The molecule has 0 radical (unpaired) electrons. The first-order valence-corrected chi connectivity index (χ1v) is 9.82. The molecule has 0 aliphatic heterocycles. The molecule has 2 aromatic carbocycles. The second kappa shape index (κ2) is 8.60. The van der Waals surface area contributed by atoms with Crippen molar-refractivity contribution in [2.45, 2.75) is 6.18 Å². The lowest BCUT2D eigenvalue weighted by Gasteiger charge is -2.06. The van der Waals surface area contributed by atoms with Crippen LogP contribution in [-0.4, -0.2) is 35.8 Å². The van der Waals surface area contributed by atoms with Gasteiger partial charge in [-0.3, -0.25) is 10.1 Å². The van der Waals surface area contributed by atoms with Gasteiger partial charge in [-0.05, 0) is 48.1 Å². The van der Waals surface area contributed by atoms with E-state index in [0.717, 1.165) is 15.4 Å². The Bertz CT molecular complexity index is 1410. The van der Waals surface area contributed by atoms with Crippen LogP contribution in [0.4, 0.5) is 18.9 Å². The first-order chi connectivity index (χ1) is 15.6. The van der Waals surface area contributed by atoms with E-state index in [9.17, 15) is 23.3 Å². The Morgan fingerprint density at radius 1 is 1.15 bits per heavy atom. The zero-order chi connectivity index (χ0) is 23.8. The van der Waals surface area contributed by atoms with Gasteiger partial charge in [0.05, 0.1) is 16.8 Å². The minimum Gasteiger partial charge on any atom is -0.258 e. The summed E-state index contributed by atoms with van der Waals surface area (Å²) >= 11 is 11.1. The maximum Gasteiger partial charge on any atom is 0.435 e. The normalized spacial score (nSPS) is 11.9. The van der Waals surface area contributed by atoms with E-state index in [1.165, 1.54) is 42.6 Å². The minimum atomic E-state index is -4.70. The lowest BCUT2D eigenvalue weighted by atomic mass is 10.1. The molecule has 0 amide bonds. The molecule has 14 heteroatoms. The van der Waals surface area contributed by atoms with Crippen LogP contribution >= 0.6 is 23.8 Å². The molecule has 4 rings (SSSR count). The number of nitro groups is 1. The van der Waals surface area contributed by atoms with Crippen LogP contribution in [-0.2, 0) is 6.18 Å². The molecule has 0 atom stereocenters. The third-order valence-corrected chi connectivity index (χ3v) is 4.90. The number of nitrogens with zero attached hydrogens (tertiary/aromatic N) is 6. The van der Waals surface area contributed by atoms with Crippen LogP contribution < -0.4 is 0 Å². The van der Waals surface area contributed by atoms with Crippen molar-refractivity contribution < 1.29 is 18.1 Å². The topological polar surface area (TPSA) is 107 Å². The van der Waals surface area contributed by atoms with Gasteiger partial charge in [-0.1, -0.05) is 23.7 Å². The molecule has 9 nitrogen and oxygen atoms in total. The van der Waals surface area contributed by atoms with Crippen molar-refractivity contribution in [3.63, 3.8) is 0 Å². The zero-order valence-electron chi connectivity index (χ0n) is 16.2. The summed E-state index contributed by atoms with van der Waals surface area (Å²) in [6.45, 7) is 0. The molecule has 2 aromatic heterocycles. The maximum absolute atomic E-state index is 13.4. The van der Waals surface area contributed by atoms with Crippen LogP contribution in [0.2, 0.25) is 5.02 Å². The Morgan fingerprint density at radius 3 is 2.42 bits per heavy atom. The molecule has 0 spiro atoms. The van der Waals surface area contributed by atoms with Gasteiger partial charge in [0.1, 0.15) is 0 Å². The van der Waals surface area contributed by atoms with Crippen molar-refractivity contribution >= 4 is 35.7 Å². The van der Waals surface area contributed by atoms with E-state index in [1.54, 1.807) is 12.1 Å². The zero-order valence-corrected chi connectivity index (χ0v) is 17.8. The Hall–Kier alpha value is -3.84. The first-order valence-electron chi connectivity index (χ1n) is 9.03. The van der Waals surface area contributed by atoms with Crippen LogP contribution in [0, 0.1) is 14.9 Å². The lowest BCUT2D eigenvalue weighted by molar-refractivity contribution is -0.384. The molecule has 0 aliphatic rings. The smallest absolute Gasteiger partial charge is 0.258 e. The molecule has 168 valence electrons. The van der Waals surface area contributed by atoms with E-state index in [1.807, 2.05) is 0 Å². The predicted octanol–water partition coefficient (Wildman–Crippen LogP) is 5.26. The van der Waals surface area contributed by atoms with Gasteiger partial charge in [0.2, 0.25) is 4.77 Å². The molecule has 0 aliphatic carbocycles. The Morgan fingerprint density at radius 2 is 1.82 bits per heavy atom. The third-order valence-electron chi connectivity index (χ3n) is 4.39. The van der Waals surface area contributed by atoms with Gasteiger partial charge in [0, 0.05) is 22.7 Å². The summed E-state index contributed by atoms with van der Waals surface area (Å²) in [4.78, 5) is 10.2. The highest BCUT2D eigenvalue weighted by Gasteiger charge is 2.36. The van der Waals surface area contributed by atoms with Gasteiger partial charge < -0.3 is 0 Å².